The van der Waals surface area contributed by atoms with E-state index in [0.29, 0.717) is 32.2 Å². The molecule has 1 fully saturated rings. The van der Waals surface area contributed by atoms with Crippen LogP contribution in [0.3, 0.4) is 0 Å². The summed E-state index contributed by atoms with van der Waals surface area (Å²) in [5.74, 6) is -0.441. The van der Waals surface area contributed by atoms with E-state index >= 15 is 0 Å². The van der Waals surface area contributed by atoms with Crippen LogP contribution in [0.15, 0.2) is 103 Å². The first kappa shape index (κ1) is 36.9. The molecule has 1 aliphatic rings. The van der Waals surface area contributed by atoms with Crippen LogP contribution in [-0.4, -0.2) is 46.7 Å². The summed E-state index contributed by atoms with van der Waals surface area (Å²) >= 11 is 0. The van der Waals surface area contributed by atoms with Crippen LogP contribution < -0.4 is 10.8 Å². The van der Waals surface area contributed by atoms with Crippen molar-refractivity contribution >= 4 is 11.8 Å². The van der Waals surface area contributed by atoms with Crippen molar-refractivity contribution in [3.63, 3.8) is 0 Å². The molecular weight excluding hydrogens is 630 g/mol. The normalized spacial score (nSPS) is 18.1. The minimum Gasteiger partial charge on any atom is -0.392 e. The molecule has 4 aromatic rings. The lowest BCUT2D eigenvalue weighted by Gasteiger charge is -2.39. The van der Waals surface area contributed by atoms with Gasteiger partial charge in [0.2, 0.25) is 11.8 Å². The number of aliphatic hydroxyl groups is 1. The Morgan fingerprint density at radius 2 is 1.50 bits per heavy atom. The highest BCUT2D eigenvalue weighted by molar-refractivity contribution is 5.76. The van der Waals surface area contributed by atoms with Crippen LogP contribution in [0.5, 0.6) is 0 Å². The van der Waals surface area contributed by atoms with Crippen LogP contribution in [0.2, 0.25) is 0 Å². The molecule has 9 heteroatoms. The number of hydrogen-bond donors (Lipinski definition) is 4. The Balaban J connectivity index is 1.26. The molecule has 4 N–H and O–H groups in total. The second kappa shape index (κ2) is 18.6. The average molecular weight is 680 g/mol. The predicted molar refractivity (Wildman–Crippen MR) is 193 cm³/mol. The van der Waals surface area contributed by atoms with Gasteiger partial charge >= 0.3 is 0 Å². The highest BCUT2D eigenvalue weighted by Crippen LogP contribution is 2.39. The van der Waals surface area contributed by atoms with Gasteiger partial charge in [-0.25, -0.2) is 5.48 Å². The summed E-state index contributed by atoms with van der Waals surface area (Å²) in [6.07, 6.45) is 2.55. The number of rotatable bonds is 16. The van der Waals surface area contributed by atoms with E-state index < -0.39 is 12.2 Å². The van der Waals surface area contributed by atoms with Gasteiger partial charge in [-0.3, -0.25) is 19.7 Å². The molecule has 4 aromatic carbocycles. The molecule has 0 saturated carbocycles. The number of likely N-dealkylation sites (N-methyl/N-ethyl adjacent to an activating group) is 1. The highest BCUT2D eigenvalue weighted by Gasteiger charge is 2.33. The summed E-state index contributed by atoms with van der Waals surface area (Å²) in [5.41, 5.74) is 8.78. The van der Waals surface area contributed by atoms with Crippen molar-refractivity contribution in [3.05, 3.63) is 131 Å². The number of benzene rings is 4. The lowest BCUT2D eigenvalue weighted by molar-refractivity contribution is -0.253. The van der Waals surface area contributed by atoms with Gasteiger partial charge in [0.15, 0.2) is 6.29 Å². The molecule has 0 bridgehead atoms. The zero-order valence-corrected chi connectivity index (χ0v) is 29.0. The quantitative estimate of drug-likeness (QED) is 0.0564. The second-order valence-corrected chi connectivity index (χ2v) is 13.1. The van der Waals surface area contributed by atoms with E-state index in [1.54, 1.807) is 5.48 Å². The van der Waals surface area contributed by atoms with E-state index in [1.165, 1.54) is 5.56 Å². The first-order valence-corrected chi connectivity index (χ1v) is 17.5. The van der Waals surface area contributed by atoms with E-state index in [1.807, 2.05) is 54.6 Å². The Kier molecular flexibility index (Phi) is 13.7. The average Bonchev–Trinajstić information content (AvgIpc) is 3.17. The van der Waals surface area contributed by atoms with Gasteiger partial charge in [0.25, 0.3) is 0 Å². The van der Waals surface area contributed by atoms with Gasteiger partial charge in [-0.1, -0.05) is 97.4 Å². The van der Waals surface area contributed by atoms with Gasteiger partial charge in [-0.05, 0) is 72.3 Å². The number of unbranched alkanes of at least 4 members (excludes halogenated alkanes) is 2. The Bertz CT molecular complexity index is 1660. The molecule has 4 unspecified atom stereocenters. The molecule has 9 nitrogen and oxygen atoms in total. The fraction of sp³-hybridized carbons (Fsp3) is 0.366. The van der Waals surface area contributed by atoms with Gasteiger partial charge in [0.1, 0.15) is 0 Å². The number of aliphatic hydroxyl groups excluding tert-OH is 1. The second-order valence-electron chi connectivity index (χ2n) is 13.1. The van der Waals surface area contributed by atoms with E-state index in [0.717, 1.165) is 46.3 Å². The van der Waals surface area contributed by atoms with Crippen molar-refractivity contribution < 1.29 is 29.4 Å². The number of hydrogen-bond acceptors (Lipinski definition) is 7. The number of amides is 2. The number of carbonyl (C=O) groups is 2. The SMILES string of the molecule is CC(c1ccccc1)N(C)CC1CC(c2ccc(CO)cc2)OC(c2cccc(-c3cccc(CNC(=O)CCCCCC(=O)NO)c3)c2)O1. The van der Waals surface area contributed by atoms with Crippen molar-refractivity contribution in [3.8, 4) is 11.1 Å². The van der Waals surface area contributed by atoms with E-state index in [2.05, 4.69) is 72.7 Å². The van der Waals surface area contributed by atoms with Crippen molar-refractivity contribution in [2.75, 3.05) is 13.6 Å². The summed E-state index contributed by atoms with van der Waals surface area (Å²) in [7, 11) is 2.13. The predicted octanol–water partition coefficient (Wildman–Crippen LogP) is 7.16. The number of nitrogens with zero attached hydrogens (tertiary/aromatic N) is 1. The molecule has 1 aliphatic heterocycles. The fourth-order valence-electron chi connectivity index (χ4n) is 6.32. The first-order chi connectivity index (χ1) is 24.3. The molecular formula is C41H49N3O6. The lowest BCUT2D eigenvalue weighted by Crippen LogP contribution is -2.38. The summed E-state index contributed by atoms with van der Waals surface area (Å²) in [5, 5.41) is 21.2. The van der Waals surface area contributed by atoms with Crippen LogP contribution in [0.1, 0.15) is 91.7 Å². The Hall–Kier alpha value is -4.38. The third-order valence-corrected chi connectivity index (χ3v) is 9.39. The third-order valence-electron chi connectivity index (χ3n) is 9.39. The maximum atomic E-state index is 12.4. The highest BCUT2D eigenvalue weighted by atomic mass is 16.7. The number of nitrogens with one attached hydrogen (secondary N) is 2. The van der Waals surface area contributed by atoms with Crippen molar-refractivity contribution in [1.82, 2.24) is 15.7 Å². The standard InChI is InChI=1S/C41H49N3O6/c1-29(32-12-5-3-6-13-32)44(2)27-37-25-38(33-21-19-30(28-45)20-22-33)50-41(49-37)36-16-10-15-35(24-36)34-14-9-11-31(23-34)26-42-39(46)17-7-4-8-18-40(47)43-48/h3,5-6,9-16,19-24,29,37-38,41,45,48H,4,7-8,17-18,25-28H2,1-2H3,(H,42,46)(H,43,47). The van der Waals surface area contributed by atoms with E-state index in [4.69, 9.17) is 14.7 Å². The molecule has 2 amide bonds. The van der Waals surface area contributed by atoms with Gasteiger partial charge in [-0.15, -0.1) is 0 Å². The molecule has 0 aliphatic carbocycles. The fourth-order valence-corrected chi connectivity index (χ4v) is 6.32. The smallest absolute Gasteiger partial charge is 0.243 e. The van der Waals surface area contributed by atoms with Crippen LogP contribution in [0.25, 0.3) is 11.1 Å². The van der Waals surface area contributed by atoms with E-state index in [-0.39, 0.29) is 37.2 Å². The number of hydroxylamine groups is 1. The summed E-state index contributed by atoms with van der Waals surface area (Å²) in [4.78, 5) is 25.9. The zero-order valence-electron chi connectivity index (χ0n) is 29.0. The molecule has 4 atom stereocenters. The Morgan fingerprint density at radius 3 is 2.22 bits per heavy atom. The minimum atomic E-state index is -0.572. The molecule has 0 aromatic heterocycles. The summed E-state index contributed by atoms with van der Waals surface area (Å²) in [6.45, 7) is 3.36. The van der Waals surface area contributed by atoms with Crippen LogP contribution in [0.4, 0.5) is 0 Å². The van der Waals surface area contributed by atoms with Gasteiger partial charge in [0.05, 0.1) is 18.8 Å². The largest absolute Gasteiger partial charge is 0.392 e. The van der Waals surface area contributed by atoms with Crippen LogP contribution in [-0.2, 0) is 32.2 Å². The van der Waals surface area contributed by atoms with Gasteiger partial charge < -0.3 is 19.9 Å². The van der Waals surface area contributed by atoms with Crippen LogP contribution >= 0.6 is 0 Å². The molecule has 0 radical (unpaired) electrons. The Labute approximate surface area is 295 Å². The van der Waals surface area contributed by atoms with Crippen molar-refractivity contribution in [1.29, 1.82) is 0 Å². The van der Waals surface area contributed by atoms with Crippen LogP contribution in [0, 0.1) is 0 Å². The first-order valence-electron chi connectivity index (χ1n) is 17.5. The maximum absolute atomic E-state index is 12.4. The molecule has 264 valence electrons. The molecule has 50 heavy (non-hydrogen) atoms. The lowest BCUT2D eigenvalue weighted by atomic mass is 9.98. The zero-order chi connectivity index (χ0) is 35.3. The van der Waals surface area contributed by atoms with Gasteiger partial charge in [-0.2, -0.15) is 0 Å². The molecule has 1 saturated heterocycles. The number of ether oxygens (including phenoxy) is 2. The van der Waals surface area contributed by atoms with Crippen molar-refractivity contribution in [2.45, 2.75) is 83.1 Å². The summed E-state index contributed by atoms with van der Waals surface area (Å²) in [6, 6.07) is 35.0. The third kappa shape index (κ3) is 10.6. The molecule has 1 heterocycles. The molecule has 0 spiro atoms. The summed E-state index contributed by atoms with van der Waals surface area (Å²) < 4.78 is 13.3. The van der Waals surface area contributed by atoms with Crippen molar-refractivity contribution in [2.24, 2.45) is 0 Å². The maximum Gasteiger partial charge on any atom is 0.243 e. The Morgan fingerprint density at radius 1 is 0.800 bits per heavy atom. The van der Waals surface area contributed by atoms with E-state index in [9.17, 15) is 14.7 Å². The topological polar surface area (TPSA) is 120 Å². The number of carbonyl (C=O) groups excluding carboxylic acids is 2. The van der Waals surface area contributed by atoms with Gasteiger partial charge in [0, 0.05) is 44.0 Å². The molecule has 5 rings (SSSR count). The minimum absolute atomic E-state index is 0.00224. The monoisotopic (exact) mass is 679 g/mol.